The number of nitrogens with zero attached hydrogens (tertiary/aromatic N) is 2. The van der Waals surface area contributed by atoms with Crippen LogP contribution in [0.3, 0.4) is 0 Å². The summed E-state index contributed by atoms with van der Waals surface area (Å²) in [6.45, 7) is 5.92. The lowest BCUT2D eigenvalue weighted by Gasteiger charge is -2.31. The fourth-order valence-corrected chi connectivity index (χ4v) is 4.61. The summed E-state index contributed by atoms with van der Waals surface area (Å²) in [5, 5.41) is 11.9. The highest BCUT2D eigenvalue weighted by Gasteiger charge is 2.34. The molecule has 6 nitrogen and oxygen atoms in total. The van der Waals surface area contributed by atoms with E-state index in [1.54, 1.807) is 4.90 Å². The van der Waals surface area contributed by atoms with Crippen molar-refractivity contribution in [1.29, 1.82) is 0 Å². The molecule has 0 bridgehead atoms. The zero-order valence-corrected chi connectivity index (χ0v) is 16.5. The van der Waals surface area contributed by atoms with Crippen molar-refractivity contribution in [3.8, 4) is 0 Å². The Hall–Kier alpha value is -2.18. The highest BCUT2D eigenvalue weighted by Crippen LogP contribution is 2.27. The molecule has 1 atom stereocenters. The number of fused-ring (bicyclic) bond motifs is 1. The van der Waals surface area contributed by atoms with Crippen molar-refractivity contribution in [2.75, 3.05) is 32.7 Å². The van der Waals surface area contributed by atoms with Gasteiger partial charge in [-0.2, -0.15) is 0 Å². The van der Waals surface area contributed by atoms with Crippen molar-refractivity contribution in [3.05, 3.63) is 45.7 Å². The second kappa shape index (κ2) is 7.68. The highest BCUT2D eigenvalue weighted by atomic mass is 16.3. The van der Waals surface area contributed by atoms with Crippen LogP contribution in [0.25, 0.3) is 10.9 Å². The van der Waals surface area contributed by atoms with Crippen LogP contribution in [-0.2, 0) is 0 Å². The second-order valence-corrected chi connectivity index (χ2v) is 8.45. The van der Waals surface area contributed by atoms with Gasteiger partial charge >= 0.3 is 0 Å². The molecule has 28 heavy (non-hydrogen) atoms. The number of aromatic amines is 1. The number of rotatable bonds is 3. The number of carbonyl (C=O) groups is 1. The summed E-state index contributed by atoms with van der Waals surface area (Å²) in [7, 11) is 0. The molecule has 2 aliphatic rings. The largest absolute Gasteiger partial charge is 0.388 e. The molecule has 6 heteroatoms. The number of amides is 1. The molecule has 2 fully saturated rings. The summed E-state index contributed by atoms with van der Waals surface area (Å²) in [5.41, 5.74) is 1.19. The summed E-state index contributed by atoms with van der Waals surface area (Å²) >= 11 is 0. The van der Waals surface area contributed by atoms with Crippen LogP contribution in [0.5, 0.6) is 0 Å². The Morgan fingerprint density at radius 3 is 2.68 bits per heavy atom. The third-order valence-electron chi connectivity index (χ3n) is 6.15. The van der Waals surface area contributed by atoms with E-state index in [1.807, 2.05) is 25.1 Å². The first-order valence-electron chi connectivity index (χ1n) is 10.3. The quantitative estimate of drug-likeness (QED) is 0.853. The summed E-state index contributed by atoms with van der Waals surface area (Å²) in [6.07, 6.45) is 4.47. The molecule has 150 valence electrons. The number of carbonyl (C=O) groups excluding carboxylic acids is 1. The summed E-state index contributed by atoms with van der Waals surface area (Å²) in [5.74, 6) is -0.118. The summed E-state index contributed by atoms with van der Waals surface area (Å²) in [4.78, 5) is 32.3. The number of β-amino-alcohol motifs (C(OH)–C–C–N with tert-alkyl or cyclic N) is 1. The molecule has 0 saturated carbocycles. The van der Waals surface area contributed by atoms with E-state index in [0.29, 0.717) is 43.6 Å². The molecule has 2 saturated heterocycles. The van der Waals surface area contributed by atoms with E-state index in [4.69, 9.17) is 0 Å². The first-order chi connectivity index (χ1) is 13.4. The minimum atomic E-state index is -0.730. The molecule has 0 spiro atoms. The predicted octanol–water partition coefficient (Wildman–Crippen LogP) is 2.29. The highest BCUT2D eigenvalue weighted by molar-refractivity contribution is 6.06. The van der Waals surface area contributed by atoms with Gasteiger partial charge in [0.2, 0.25) is 5.56 Å². The average molecular weight is 383 g/mol. The topological polar surface area (TPSA) is 76.6 Å². The van der Waals surface area contributed by atoms with Crippen LogP contribution in [0.4, 0.5) is 0 Å². The van der Waals surface area contributed by atoms with Crippen LogP contribution in [-0.4, -0.2) is 64.1 Å². The monoisotopic (exact) mass is 383 g/mol. The molecule has 1 amide bonds. The minimum Gasteiger partial charge on any atom is -0.388 e. The first-order valence-corrected chi connectivity index (χ1v) is 10.3. The molecule has 0 aliphatic carbocycles. The SMILES string of the molecule is Cc1ccc2[nH]c(=O)cc(C(=O)N3CCCC(O)(CN4CCCC4)CC3)c2c1. The van der Waals surface area contributed by atoms with Crippen molar-refractivity contribution >= 4 is 16.8 Å². The zero-order chi connectivity index (χ0) is 19.7. The predicted molar refractivity (Wildman–Crippen MR) is 110 cm³/mol. The number of nitrogens with one attached hydrogen (secondary N) is 1. The number of aromatic nitrogens is 1. The maximum atomic E-state index is 13.3. The van der Waals surface area contributed by atoms with Gasteiger partial charge in [0, 0.05) is 36.6 Å². The molecule has 4 rings (SSSR count). The Morgan fingerprint density at radius 2 is 1.89 bits per heavy atom. The van der Waals surface area contributed by atoms with Gasteiger partial charge in [-0.3, -0.25) is 9.59 Å². The molecule has 1 aromatic heterocycles. The molecule has 0 radical (unpaired) electrons. The lowest BCUT2D eigenvalue weighted by molar-refractivity contribution is -0.00290. The summed E-state index contributed by atoms with van der Waals surface area (Å²) in [6, 6.07) is 7.13. The first kappa shape index (κ1) is 19.2. The Labute approximate surface area is 165 Å². The standard InChI is InChI=1S/C22H29N3O3/c1-16-5-6-19-17(13-16)18(14-20(26)23-19)21(27)25-11-4-7-22(28,8-12-25)15-24-9-2-3-10-24/h5-6,13-14,28H,2-4,7-12,15H2,1H3,(H,23,26). The van der Waals surface area contributed by atoms with Crippen LogP contribution in [0, 0.1) is 6.92 Å². The molecular formula is C22H29N3O3. The van der Waals surface area contributed by atoms with Gasteiger partial charge < -0.3 is 19.9 Å². The molecule has 1 aromatic carbocycles. The maximum absolute atomic E-state index is 13.3. The Balaban J connectivity index is 1.55. The number of aryl methyl sites for hydroxylation is 1. The number of hydrogen-bond acceptors (Lipinski definition) is 4. The lowest BCUT2D eigenvalue weighted by atomic mass is 9.94. The van der Waals surface area contributed by atoms with Gasteiger partial charge in [0.05, 0.1) is 11.2 Å². The van der Waals surface area contributed by atoms with Crippen LogP contribution in [0.2, 0.25) is 0 Å². The number of pyridine rings is 1. The van der Waals surface area contributed by atoms with Crippen LogP contribution in [0.1, 0.15) is 48.0 Å². The fraction of sp³-hybridized carbons (Fsp3) is 0.545. The van der Waals surface area contributed by atoms with Crippen LogP contribution < -0.4 is 5.56 Å². The Morgan fingerprint density at radius 1 is 1.11 bits per heavy atom. The van der Waals surface area contributed by atoms with E-state index in [-0.39, 0.29) is 11.5 Å². The van der Waals surface area contributed by atoms with Crippen LogP contribution in [0.15, 0.2) is 29.1 Å². The van der Waals surface area contributed by atoms with Crippen molar-refractivity contribution in [2.45, 2.75) is 44.6 Å². The van der Waals surface area contributed by atoms with Gasteiger partial charge in [0.15, 0.2) is 0 Å². The smallest absolute Gasteiger partial charge is 0.254 e. The van der Waals surface area contributed by atoms with Crippen LogP contribution >= 0.6 is 0 Å². The molecule has 2 aliphatic heterocycles. The summed E-state index contributed by atoms with van der Waals surface area (Å²) < 4.78 is 0. The van der Waals surface area contributed by atoms with E-state index in [2.05, 4.69) is 9.88 Å². The zero-order valence-electron chi connectivity index (χ0n) is 16.5. The lowest BCUT2D eigenvalue weighted by Crippen LogP contribution is -2.43. The third-order valence-corrected chi connectivity index (χ3v) is 6.15. The van der Waals surface area contributed by atoms with Gasteiger partial charge in [0.1, 0.15) is 0 Å². The molecule has 2 aromatic rings. The van der Waals surface area contributed by atoms with Gasteiger partial charge in [-0.1, -0.05) is 11.6 Å². The van der Waals surface area contributed by atoms with E-state index in [9.17, 15) is 14.7 Å². The fourth-order valence-electron chi connectivity index (χ4n) is 4.61. The van der Waals surface area contributed by atoms with Gasteiger partial charge in [-0.05, 0) is 64.3 Å². The van der Waals surface area contributed by atoms with Gasteiger partial charge in [0.25, 0.3) is 5.91 Å². The molecule has 1 unspecified atom stereocenters. The van der Waals surface area contributed by atoms with Gasteiger partial charge in [-0.15, -0.1) is 0 Å². The number of likely N-dealkylation sites (tertiary alicyclic amines) is 2. The van der Waals surface area contributed by atoms with Gasteiger partial charge in [-0.25, -0.2) is 0 Å². The second-order valence-electron chi connectivity index (χ2n) is 8.45. The molecule has 2 N–H and O–H groups in total. The average Bonchev–Trinajstić information content (AvgIpc) is 3.08. The number of aliphatic hydroxyl groups is 1. The van der Waals surface area contributed by atoms with E-state index >= 15 is 0 Å². The van der Waals surface area contributed by atoms with Crippen molar-refractivity contribution in [3.63, 3.8) is 0 Å². The number of H-pyrrole nitrogens is 1. The van der Waals surface area contributed by atoms with Crippen molar-refractivity contribution in [1.82, 2.24) is 14.8 Å². The normalized spacial score (nSPS) is 23.9. The molecular weight excluding hydrogens is 354 g/mol. The van der Waals surface area contributed by atoms with E-state index in [0.717, 1.165) is 30.5 Å². The maximum Gasteiger partial charge on any atom is 0.254 e. The Bertz CT molecular complexity index is 932. The number of benzene rings is 1. The molecule has 3 heterocycles. The van der Waals surface area contributed by atoms with E-state index < -0.39 is 5.60 Å². The minimum absolute atomic E-state index is 0.118. The van der Waals surface area contributed by atoms with Crippen molar-refractivity contribution < 1.29 is 9.90 Å². The van der Waals surface area contributed by atoms with Crippen molar-refractivity contribution in [2.24, 2.45) is 0 Å². The van der Waals surface area contributed by atoms with E-state index in [1.165, 1.54) is 18.9 Å². The number of hydrogen-bond donors (Lipinski definition) is 2. The third kappa shape index (κ3) is 3.98. The Kier molecular flexibility index (Phi) is 5.25.